The molecule has 11 heavy (non-hydrogen) atoms. The fourth-order valence-electron chi connectivity index (χ4n) is 1.13. The Labute approximate surface area is 68.9 Å². The molecule has 0 rings (SSSR count). The number of rotatable bonds is 6. The zero-order valence-corrected chi connectivity index (χ0v) is 7.72. The van der Waals surface area contributed by atoms with E-state index in [1.54, 1.807) is 7.11 Å². The zero-order valence-electron chi connectivity index (χ0n) is 7.72. The van der Waals surface area contributed by atoms with E-state index < -0.39 is 0 Å². The molecule has 0 aliphatic carbocycles. The van der Waals surface area contributed by atoms with Gasteiger partial charge in [-0.05, 0) is 19.3 Å². The van der Waals surface area contributed by atoms with E-state index in [1.807, 2.05) is 13.8 Å². The molecule has 0 saturated heterocycles. The van der Waals surface area contributed by atoms with Crippen LogP contribution in [0.25, 0.3) is 0 Å². The molecule has 0 radical (unpaired) electrons. The maximum Gasteiger partial charge on any atom is 0.126 e. The van der Waals surface area contributed by atoms with E-state index in [9.17, 15) is 4.79 Å². The standard InChI is InChI=1S/C9H18O2/c1-4-9(5-2,8-10)6-7-11-3/h8H,4-7H2,1-3H3. The van der Waals surface area contributed by atoms with Crippen LogP contribution in [0, 0.1) is 5.41 Å². The minimum atomic E-state index is -0.129. The number of hydrogen-bond acceptors (Lipinski definition) is 2. The van der Waals surface area contributed by atoms with E-state index in [1.165, 1.54) is 0 Å². The van der Waals surface area contributed by atoms with Crippen molar-refractivity contribution in [3.63, 3.8) is 0 Å². The summed E-state index contributed by atoms with van der Waals surface area (Å²) in [5.41, 5.74) is -0.129. The average molecular weight is 158 g/mol. The molecule has 2 nitrogen and oxygen atoms in total. The van der Waals surface area contributed by atoms with Crippen molar-refractivity contribution in [2.75, 3.05) is 13.7 Å². The van der Waals surface area contributed by atoms with Crippen molar-refractivity contribution >= 4 is 6.29 Å². The van der Waals surface area contributed by atoms with E-state index in [2.05, 4.69) is 0 Å². The van der Waals surface area contributed by atoms with Crippen LogP contribution in [0.5, 0.6) is 0 Å². The van der Waals surface area contributed by atoms with Crippen LogP contribution in [0.4, 0.5) is 0 Å². The molecule has 0 aromatic heterocycles. The van der Waals surface area contributed by atoms with Gasteiger partial charge in [0, 0.05) is 19.1 Å². The largest absolute Gasteiger partial charge is 0.385 e. The number of hydrogen-bond donors (Lipinski definition) is 0. The van der Waals surface area contributed by atoms with Crippen LogP contribution in [0.15, 0.2) is 0 Å². The van der Waals surface area contributed by atoms with Gasteiger partial charge in [0.2, 0.25) is 0 Å². The van der Waals surface area contributed by atoms with Crippen LogP contribution in [-0.2, 0) is 9.53 Å². The molecule has 0 N–H and O–H groups in total. The molecule has 0 aromatic rings. The normalized spacial score (nSPS) is 11.5. The van der Waals surface area contributed by atoms with Crippen LogP contribution in [0.1, 0.15) is 33.1 Å². The Balaban J connectivity index is 3.94. The zero-order chi connectivity index (χ0) is 8.74. The second-order valence-electron chi connectivity index (χ2n) is 2.93. The van der Waals surface area contributed by atoms with Crippen molar-refractivity contribution < 1.29 is 9.53 Å². The molecule has 0 aliphatic rings. The molecular formula is C9H18O2. The molecule has 2 heteroatoms. The molecular weight excluding hydrogens is 140 g/mol. The predicted molar refractivity (Wildman–Crippen MR) is 45.6 cm³/mol. The summed E-state index contributed by atoms with van der Waals surface area (Å²) in [6.45, 7) is 4.78. The molecule has 0 aliphatic heterocycles. The summed E-state index contributed by atoms with van der Waals surface area (Å²) in [6.07, 6.45) is 3.75. The second-order valence-corrected chi connectivity index (χ2v) is 2.93. The first-order valence-corrected chi connectivity index (χ1v) is 4.20. The van der Waals surface area contributed by atoms with Gasteiger partial charge in [-0.1, -0.05) is 13.8 Å². The van der Waals surface area contributed by atoms with Gasteiger partial charge in [0.1, 0.15) is 6.29 Å². The highest BCUT2D eigenvalue weighted by Gasteiger charge is 2.24. The van der Waals surface area contributed by atoms with Gasteiger partial charge in [-0.15, -0.1) is 0 Å². The van der Waals surface area contributed by atoms with Gasteiger partial charge in [-0.2, -0.15) is 0 Å². The summed E-state index contributed by atoms with van der Waals surface area (Å²) in [4.78, 5) is 10.7. The van der Waals surface area contributed by atoms with Crippen LogP contribution in [-0.4, -0.2) is 20.0 Å². The van der Waals surface area contributed by atoms with Gasteiger partial charge in [0.05, 0.1) is 0 Å². The van der Waals surface area contributed by atoms with Gasteiger partial charge in [-0.25, -0.2) is 0 Å². The van der Waals surface area contributed by atoms with Gasteiger partial charge in [0.25, 0.3) is 0 Å². The lowest BCUT2D eigenvalue weighted by molar-refractivity contribution is -0.117. The first-order valence-electron chi connectivity index (χ1n) is 4.20. The van der Waals surface area contributed by atoms with Gasteiger partial charge < -0.3 is 9.53 Å². The molecule has 0 saturated carbocycles. The minimum absolute atomic E-state index is 0.129. The maximum absolute atomic E-state index is 10.7. The Bertz CT molecular complexity index is 106. The van der Waals surface area contributed by atoms with E-state index in [0.717, 1.165) is 25.5 Å². The molecule has 0 unspecified atom stereocenters. The van der Waals surface area contributed by atoms with Crippen molar-refractivity contribution in [3.05, 3.63) is 0 Å². The van der Waals surface area contributed by atoms with Gasteiger partial charge >= 0.3 is 0 Å². The molecule has 0 amide bonds. The van der Waals surface area contributed by atoms with Crippen LogP contribution < -0.4 is 0 Å². The van der Waals surface area contributed by atoms with Crippen molar-refractivity contribution in [1.29, 1.82) is 0 Å². The third kappa shape index (κ3) is 3.02. The average Bonchev–Trinajstić information content (AvgIpc) is 2.08. The number of ether oxygens (including phenoxy) is 1. The molecule has 0 spiro atoms. The third-order valence-electron chi connectivity index (χ3n) is 2.46. The van der Waals surface area contributed by atoms with Crippen LogP contribution >= 0.6 is 0 Å². The summed E-state index contributed by atoms with van der Waals surface area (Å²) in [6, 6.07) is 0. The Kier molecular flexibility index (Phi) is 5.12. The van der Waals surface area contributed by atoms with Crippen molar-refractivity contribution in [3.8, 4) is 0 Å². The Morgan fingerprint density at radius 1 is 1.36 bits per heavy atom. The van der Waals surface area contributed by atoms with E-state index >= 15 is 0 Å². The third-order valence-corrected chi connectivity index (χ3v) is 2.46. The predicted octanol–water partition coefficient (Wildman–Crippen LogP) is 2.03. The lowest BCUT2D eigenvalue weighted by Gasteiger charge is -2.23. The van der Waals surface area contributed by atoms with Crippen molar-refractivity contribution in [1.82, 2.24) is 0 Å². The first kappa shape index (κ1) is 10.6. The van der Waals surface area contributed by atoms with E-state index in [0.29, 0.717) is 6.61 Å². The topological polar surface area (TPSA) is 26.3 Å². The van der Waals surface area contributed by atoms with Crippen molar-refractivity contribution in [2.45, 2.75) is 33.1 Å². The van der Waals surface area contributed by atoms with Gasteiger partial charge in [0.15, 0.2) is 0 Å². The number of carbonyl (C=O) groups excluding carboxylic acids is 1. The van der Waals surface area contributed by atoms with Crippen molar-refractivity contribution in [2.24, 2.45) is 5.41 Å². The lowest BCUT2D eigenvalue weighted by Crippen LogP contribution is -2.22. The van der Waals surface area contributed by atoms with E-state index in [-0.39, 0.29) is 5.41 Å². The van der Waals surface area contributed by atoms with Gasteiger partial charge in [-0.3, -0.25) is 0 Å². The highest BCUT2D eigenvalue weighted by Crippen LogP contribution is 2.27. The molecule has 0 heterocycles. The molecule has 0 bridgehead atoms. The molecule has 0 fully saturated rings. The van der Waals surface area contributed by atoms with Crippen LogP contribution in [0.3, 0.4) is 0 Å². The number of aldehydes is 1. The Hall–Kier alpha value is -0.370. The fourth-order valence-corrected chi connectivity index (χ4v) is 1.13. The smallest absolute Gasteiger partial charge is 0.126 e. The second kappa shape index (κ2) is 5.30. The summed E-state index contributed by atoms with van der Waals surface area (Å²) in [5, 5.41) is 0. The summed E-state index contributed by atoms with van der Waals surface area (Å²) in [5.74, 6) is 0. The fraction of sp³-hybridized carbons (Fsp3) is 0.889. The Morgan fingerprint density at radius 3 is 2.18 bits per heavy atom. The molecule has 0 atom stereocenters. The highest BCUT2D eigenvalue weighted by molar-refractivity contribution is 5.59. The molecule has 66 valence electrons. The number of carbonyl (C=O) groups is 1. The Morgan fingerprint density at radius 2 is 1.91 bits per heavy atom. The summed E-state index contributed by atoms with van der Waals surface area (Å²) < 4.78 is 4.94. The maximum atomic E-state index is 10.7. The number of methoxy groups -OCH3 is 1. The minimum Gasteiger partial charge on any atom is -0.385 e. The van der Waals surface area contributed by atoms with E-state index in [4.69, 9.17) is 4.74 Å². The van der Waals surface area contributed by atoms with Crippen LogP contribution in [0.2, 0.25) is 0 Å². The monoisotopic (exact) mass is 158 g/mol. The molecule has 0 aromatic carbocycles. The SMILES string of the molecule is CCC(C=O)(CC)CCOC. The first-order chi connectivity index (χ1) is 5.24. The summed E-state index contributed by atoms with van der Waals surface area (Å²) in [7, 11) is 1.67. The quantitative estimate of drug-likeness (QED) is 0.553. The highest BCUT2D eigenvalue weighted by atomic mass is 16.5. The lowest BCUT2D eigenvalue weighted by atomic mass is 9.81. The summed E-state index contributed by atoms with van der Waals surface area (Å²) >= 11 is 0.